The maximum Gasteiger partial charge on any atom is 0.328 e. The molecule has 1 aromatic heterocycles. The molecule has 1 aromatic rings. The zero-order valence-electron chi connectivity index (χ0n) is 12.7. The van der Waals surface area contributed by atoms with Gasteiger partial charge in [-0.3, -0.25) is 0 Å². The number of piperidine rings is 1. The summed E-state index contributed by atoms with van der Waals surface area (Å²) in [4.78, 5) is 19.6. The first kappa shape index (κ1) is 15.5. The average molecular weight is 289 g/mol. The number of nitrogens with zero attached hydrogens (tertiary/aromatic N) is 3. The Hall–Kier alpha value is -1.88. The summed E-state index contributed by atoms with van der Waals surface area (Å²) >= 11 is 0. The van der Waals surface area contributed by atoms with Crippen molar-refractivity contribution in [1.29, 1.82) is 0 Å². The quantitative estimate of drug-likeness (QED) is 0.840. The Morgan fingerprint density at radius 2 is 2.24 bits per heavy atom. The molecule has 5 nitrogen and oxygen atoms in total. The van der Waals surface area contributed by atoms with Crippen LogP contribution in [0.4, 0.5) is 5.82 Å². The van der Waals surface area contributed by atoms with Gasteiger partial charge < -0.3 is 14.9 Å². The Morgan fingerprint density at radius 3 is 2.90 bits per heavy atom. The van der Waals surface area contributed by atoms with Crippen LogP contribution in [-0.2, 0) is 4.79 Å². The van der Waals surface area contributed by atoms with Crippen LogP contribution in [0.3, 0.4) is 0 Å². The summed E-state index contributed by atoms with van der Waals surface area (Å²) in [6.45, 7) is 3.25. The van der Waals surface area contributed by atoms with E-state index in [2.05, 4.69) is 21.8 Å². The van der Waals surface area contributed by atoms with E-state index in [1.54, 1.807) is 12.3 Å². The number of rotatable bonds is 5. The van der Waals surface area contributed by atoms with Crippen molar-refractivity contribution < 1.29 is 9.90 Å². The molecule has 0 aromatic carbocycles. The van der Waals surface area contributed by atoms with Gasteiger partial charge in [0, 0.05) is 31.4 Å². The Kier molecular flexibility index (Phi) is 5.33. The maximum atomic E-state index is 10.7. The largest absolute Gasteiger partial charge is 0.478 e. The van der Waals surface area contributed by atoms with Crippen molar-refractivity contribution >= 4 is 17.9 Å². The highest BCUT2D eigenvalue weighted by molar-refractivity contribution is 5.86. The predicted molar refractivity (Wildman–Crippen MR) is 84.4 cm³/mol. The van der Waals surface area contributed by atoms with E-state index in [0.29, 0.717) is 5.92 Å². The van der Waals surface area contributed by atoms with Crippen LogP contribution in [0.1, 0.15) is 18.4 Å². The molecule has 2 heterocycles. The van der Waals surface area contributed by atoms with Gasteiger partial charge in [0.25, 0.3) is 0 Å². The second-order valence-electron chi connectivity index (χ2n) is 5.71. The average Bonchev–Trinajstić information content (AvgIpc) is 2.47. The summed E-state index contributed by atoms with van der Waals surface area (Å²) in [6.07, 6.45) is 6.92. The number of aromatic nitrogens is 1. The van der Waals surface area contributed by atoms with Crippen LogP contribution in [0, 0.1) is 5.92 Å². The van der Waals surface area contributed by atoms with Crippen molar-refractivity contribution in [3.63, 3.8) is 0 Å². The minimum absolute atomic E-state index is 0.671. The first-order valence-electron chi connectivity index (χ1n) is 7.32. The molecule has 0 aliphatic carbocycles. The first-order chi connectivity index (χ1) is 10.1. The third-order valence-electron chi connectivity index (χ3n) is 3.95. The SMILES string of the molecule is CN1CCC(CN(C)c2ncccc2/C=C/C(=O)O)CC1. The summed E-state index contributed by atoms with van der Waals surface area (Å²) < 4.78 is 0. The minimum atomic E-state index is -0.942. The number of aliphatic carboxylic acids is 1. The highest BCUT2D eigenvalue weighted by Gasteiger charge is 2.19. The summed E-state index contributed by atoms with van der Waals surface area (Å²) in [5.74, 6) is 0.571. The summed E-state index contributed by atoms with van der Waals surface area (Å²) in [5, 5.41) is 8.76. The van der Waals surface area contributed by atoms with Gasteiger partial charge >= 0.3 is 5.97 Å². The Balaban J connectivity index is 2.04. The zero-order chi connectivity index (χ0) is 15.2. The van der Waals surface area contributed by atoms with Gasteiger partial charge in [-0.2, -0.15) is 0 Å². The third kappa shape index (κ3) is 4.56. The van der Waals surface area contributed by atoms with Gasteiger partial charge in [-0.1, -0.05) is 0 Å². The van der Waals surface area contributed by atoms with Crippen molar-refractivity contribution in [3.8, 4) is 0 Å². The summed E-state index contributed by atoms with van der Waals surface area (Å²) in [5.41, 5.74) is 0.843. The van der Waals surface area contributed by atoms with Gasteiger partial charge in [-0.05, 0) is 57.1 Å². The molecule has 21 heavy (non-hydrogen) atoms. The van der Waals surface area contributed by atoms with Crippen LogP contribution in [0.5, 0.6) is 0 Å². The molecule has 1 saturated heterocycles. The Labute approximate surface area is 125 Å². The van der Waals surface area contributed by atoms with Crippen molar-refractivity contribution in [3.05, 3.63) is 30.0 Å². The van der Waals surface area contributed by atoms with E-state index in [1.165, 1.54) is 12.8 Å². The zero-order valence-corrected chi connectivity index (χ0v) is 12.7. The number of carboxylic acid groups (broad SMARTS) is 1. The van der Waals surface area contributed by atoms with Crippen LogP contribution in [-0.4, -0.2) is 54.7 Å². The molecule has 2 rings (SSSR count). The lowest BCUT2D eigenvalue weighted by molar-refractivity contribution is -0.131. The molecule has 0 radical (unpaired) electrons. The minimum Gasteiger partial charge on any atom is -0.478 e. The van der Waals surface area contributed by atoms with Crippen LogP contribution in [0.25, 0.3) is 6.08 Å². The number of hydrogen-bond donors (Lipinski definition) is 1. The predicted octanol–water partition coefficient (Wildman–Crippen LogP) is 1.96. The highest BCUT2D eigenvalue weighted by Crippen LogP contribution is 2.22. The van der Waals surface area contributed by atoms with Crippen LogP contribution in [0.2, 0.25) is 0 Å². The molecule has 5 heteroatoms. The second kappa shape index (κ2) is 7.22. The van der Waals surface area contributed by atoms with Crippen molar-refractivity contribution in [2.24, 2.45) is 5.92 Å². The maximum absolute atomic E-state index is 10.7. The summed E-state index contributed by atoms with van der Waals surface area (Å²) in [6, 6.07) is 3.72. The van der Waals surface area contributed by atoms with Crippen LogP contribution in [0.15, 0.2) is 24.4 Å². The van der Waals surface area contributed by atoms with E-state index < -0.39 is 5.97 Å². The molecule has 114 valence electrons. The van der Waals surface area contributed by atoms with E-state index in [0.717, 1.165) is 37.1 Å². The molecule has 0 unspecified atom stereocenters. The molecule has 1 N–H and O–H groups in total. The molecule has 0 saturated carbocycles. The van der Waals surface area contributed by atoms with Gasteiger partial charge in [0.15, 0.2) is 0 Å². The molecular formula is C16H23N3O2. The standard InChI is InChI=1S/C16H23N3O2/c1-18-10-7-13(8-11-18)12-19(2)16-14(4-3-9-17-16)5-6-15(20)21/h3-6,9,13H,7-8,10-12H2,1-2H3,(H,20,21)/b6-5+. The summed E-state index contributed by atoms with van der Waals surface area (Å²) in [7, 11) is 4.19. The number of anilines is 1. The van der Waals surface area contributed by atoms with Crippen molar-refractivity contribution in [2.75, 3.05) is 38.6 Å². The fourth-order valence-corrected chi connectivity index (χ4v) is 2.74. The Bertz CT molecular complexity index is 508. The second-order valence-corrected chi connectivity index (χ2v) is 5.71. The molecule has 0 amide bonds. The van der Waals surface area contributed by atoms with E-state index in [4.69, 9.17) is 5.11 Å². The molecule has 0 spiro atoms. The van der Waals surface area contributed by atoms with Gasteiger partial charge in [0.1, 0.15) is 5.82 Å². The molecule has 0 bridgehead atoms. The fraction of sp³-hybridized carbons (Fsp3) is 0.500. The van der Waals surface area contributed by atoms with Crippen molar-refractivity contribution in [1.82, 2.24) is 9.88 Å². The molecule has 1 fully saturated rings. The van der Waals surface area contributed by atoms with E-state index in [9.17, 15) is 4.79 Å². The van der Waals surface area contributed by atoms with Crippen LogP contribution >= 0.6 is 0 Å². The van der Waals surface area contributed by atoms with Crippen molar-refractivity contribution in [2.45, 2.75) is 12.8 Å². The third-order valence-corrected chi connectivity index (χ3v) is 3.95. The molecule has 1 aliphatic heterocycles. The van der Waals surface area contributed by atoms with E-state index in [-0.39, 0.29) is 0 Å². The lowest BCUT2D eigenvalue weighted by Crippen LogP contribution is -2.36. The van der Waals surface area contributed by atoms with Crippen LogP contribution < -0.4 is 4.90 Å². The van der Waals surface area contributed by atoms with E-state index >= 15 is 0 Å². The first-order valence-corrected chi connectivity index (χ1v) is 7.32. The smallest absolute Gasteiger partial charge is 0.328 e. The number of pyridine rings is 1. The van der Waals surface area contributed by atoms with Gasteiger partial charge in [0.05, 0.1) is 0 Å². The highest BCUT2D eigenvalue weighted by atomic mass is 16.4. The van der Waals surface area contributed by atoms with Gasteiger partial charge in [-0.25, -0.2) is 9.78 Å². The van der Waals surface area contributed by atoms with E-state index in [1.807, 2.05) is 19.2 Å². The fourth-order valence-electron chi connectivity index (χ4n) is 2.74. The molecule has 0 atom stereocenters. The number of likely N-dealkylation sites (tertiary alicyclic amines) is 1. The molecular weight excluding hydrogens is 266 g/mol. The topological polar surface area (TPSA) is 56.7 Å². The Morgan fingerprint density at radius 1 is 1.52 bits per heavy atom. The van der Waals surface area contributed by atoms with Gasteiger partial charge in [0.2, 0.25) is 0 Å². The number of hydrogen-bond acceptors (Lipinski definition) is 4. The molecule has 1 aliphatic rings. The normalized spacial score (nSPS) is 17.2. The number of carbonyl (C=O) groups is 1. The monoisotopic (exact) mass is 289 g/mol. The number of carboxylic acids is 1. The lowest BCUT2D eigenvalue weighted by atomic mass is 9.96. The lowest BCUT2D eigenvalue weighted by Gasteiger charge is -2.32. The van der Waals surface area contributed by atoms with Gasteiger partial charge in [-0.15, -0.1) is 0 Å².